The lowest BCUT2D eigenvalue weighted by Gasteiger charge is -2.06. The number of aromatic nitrogens is 2. The van der Waals surface area contributed by atoms with Crippen LogP contribution in [0.4, 0.5) is 11.4 Å². The van der Waals surface area contributed by atoms with E-state index in [-0.39, 0.29) is 11.6 Å². The topological polar surface area (TPSA) is 108 Å². The van der Waals surface area contributed by atoms with Gasteiger partial charge in [-0.3, -0.25) is 9.89 Å². The zero-order valence-electron chi connectivity index (χ0n) is 11.3. The average molecular weight is 269 g/mol. The second-order valence-electron chi connectivity index (χ2n) is 4.67. The summed E-state index contributed by atoms with van der Waals surface area (Å²) in [4.78, 5) is 12.2. The molecule has 0 aliphatic rings. The minimum Gasteiger partial charge on any atom is -0.395 e. The van der Waals surface area contributed by atoms with Crippen LogP contribution < -0.4 is 11.1 Å². The third-order valence-electron chi connectivity index (χ3n) is 2.92. The van der Waals surface area contributed by atoms with Gasteiger partial charge in [0.25, 0.3) is 5.91 Å². The van der Waals surface area contributed by atoms with Gasteiger partial charge in [0.05, 0.1) is 22.6 Å². The maximum Gasteiger partial charge on any atom is 0.278 e. The van der Waals surface area contributed by atoms with Crippen molar-refractivity contribution in [3.63, 3.8) is 0 Å². The molecule has 2 aromatic rings. The highest BCUT2D eigenvalue weighted by Crippen LogP contribution is 2.23. The number of anilines is 2. The Hall–Kier alpha value is -2.81. The van der Waals surface area contributed by atoms with Crippen LogP contribution in [-0.2, 0) is 0 Å². The zero-order valence-corrected chi connectivity index (χ0v) is 11.3. The van der Waals surface area contributed by atoms with Crippen LogP contribution in [0, 0.1) is 11.3 Å². The molecule has 0 spiro atoms. The Morgan fingerprint density at radius 3 is 2.75 bits per heavy atom. The Kier molecular flexibility index (Phi) is 3.71. The molecule has 1 aromatic heterocycles. The molecule has 0 unspecified atom stereocenters. The number of carbonyl (C=O) groups is 1. The molecule has 0 aliphatic carbocycles. The number of aromatic amines is 1. The highest BCUT2D eigenvalue weighted by Gasteiger charge is 2.19. The number of hydrogen-bond donors (Lipinski definition) is 3. The number of nitrogens with two attached hydrogens (primary N) is 1. The predicted molar refractivity (Wildman–Crippen MR) is 76.2 cm³/mol. The highest BCUT2D eigenvalue weighted by atomic mass is 16.2. The third-order valence-corrected chi connectivity index (χ3v) is 2.92. The summed E-state index contributed by atoms with van der Waals surface area (Å²) in [6.07, 6.45) is 0. The second-order valence-corrected chi connectivity index (χ2v) is 4.67. The van der Waals surface area contributed by atoms with E-state index in [2.05, 4.69) is 15.5 Å². The molecule has 0 bridgehead atoms. The number of benzene rings is 1. The van der Waals surface area contributed by atoms with Gasteiger partial charge in [-0.25, -0.2) is 0 Å². The van der Waals surface area contributed by atoms with Gasteiger partial charge in [0.2, 0.25) is 0 Å². The molecule has 0 fully saturated rings. The van der Waals surface area contributed by atoms with Gasteiger partial charge in [0.1, 0.15) is 6.07 Å². The summed E-state index contributed by atoms with van der Waals surface area (Å²) in [6, 6.07) is 8.77. The number of nitrogen functional groups attached to an aromatic ring is 1. The van der Waals surface area contributed by atoms with Crippen LogP contribution in [0.25, 0.3) is 0 Å². The highest BCUT2D eigenvalue weighted by molar-refractivity contribution is 6.07. The first-order valence-corrected chi connectivity index (χ1v) is 6.18. The van der Waals surface area contributed by atoms with E-state index in [4.69, 9.17) is 11.0 Å². The smallest absolute Gasteiger partial charge is 0.278 e. The van der Waals surface area contributed by atoms with E-state index in [0.29, 0.717) is 16.9 Å². The Morgan fingerprint density at radius 2 is 2.15 bits per heavy atom. The number of hydrogen-bond acceptors (Lipinski definition) is 4. The molecule has 6 heteroatoms. The number of nitrogens with one attached hydrogen (secondary N) is 2. The number of rotatable bonds is 3. The Labute approximate surface area is 116 Å². The normalized spacial score (nSPS) is 10.3. The number of para-hydroxylation sites is 1. The first-order valence-electron chi connectivity index (χ1n) is 6.18. The zero-order chi connectivity index (χ0) is 14.7. The van der Waals surface area contributed by atoms with E-state index in [1.165, 1.54) is 0 Å². The van der Waals surface area contributed by atoms with Crippen LogP contribution in [0.2, 0.25) is 0 Å². The predicted octanol–water partition coefficient (Wildman–Crippen LogP) is 2.24. The van der Waals surface area contributed by atoms with E-state index in [1.807, 2.05) is 19.9 Å². The fourth-order valence-electron chi connectivity index (χ4n) is 1.85. The minimum atomic E-state index is -0.437. The van der Waals surface area contributed by atoms with E-state index in [9.17, 15) is 4.79 Å². The van der Waals surface area contributed by atoms with Gasteiger partial charge < -0.3 is 11.1 Å². The van der Waals surface area contributed by atoms with Crippen LogP contribution in [0.5, 0.6) is 0 Å². The van der Waals surface area contributed by atoms with Gasteiger partial charge >= 0.3 is 0 Å². The molecule has 0 aliphatic heterocycles. The van der Waals surface area contributed by atoms with Gasteiger partial charge in [-0.2, -0.15) is 10.4 Å². The lowest BCUT2D eigenvalue weighted by atomic mass is 10.1. The van der Waals surface area contributed by atoms with Crippen LogP contribution in [-0.4, -0.2) is 16.1 Å². The van der Waals surface area contributed by atoms with Gasteiger partial charge in [0.15, 0.2) is 5.69 Å². The minimum absolute atomic E-state index is 0.140. The first-order chi connectivity index (χ1) is 9.54. The fraction of sp³-hybridized carbons (Fsp3) is 0.214. The van der Waals surface area contributed by atoms with Crippen molar-refractivity contribution in [2.45, 2.75) is 19.8 Å². The van der Waals surface area contributed by atoms with Gasteiger partial charge in [-0.15, -0.1) is 0 Å². The summed E-state index contributed by atoms with van der Waals surface area (Å²) >= 11 is 0. The number of nitriles is 1. The molecule has 6 nitrogen and oxygen atoms in total. The SMILES string of the molecule is CC(C)c1[nH]nc(C(=O)Nc2ccccc2C#N)c1N. The van der Waals surface area contributed by atoms with Crippen molar-refractivity contribution in [1.29, 1.82) is 5.26 Å². The maximum absolute atomic E-state index is 12.2. The lowest BCUT2D eigenvalue weighted by Crippen LogP contribution is -2.15. The van der Waals surface area contributed by atoms with Crippen LogP contribution in [0.1, 0.15) is 41.5 Å². The Morgan fingerprint density at radius 1 is 1.45 bits per heavy atom. The second kappa shape index (κ2) is 5.45. The molecular formula is C14H15N5O. The molecule has 0 saturated carbocycles. The summed E-state index contributed by atoms with van der Waals surface area (Å²) in [6.45, 7) is 3.91. The molecule has 1 heterocycles. The third kappa shape index (κ3) is 2.47. The average Bonchev–Trinajstić information content (AvgIpc) is 2.81. The summed E-state index contributed by atoms with van der Waals surface area (Å²) < 4.78 is 0. The van der Waals surface area contributed by atoms with Gasteiger partial charge in [0, 0.05) is 0 Å². The van der Waals surface area contributed by atoms with Crippen molar-refractivity contribution < 1.29 is 4.79 Å². The lowest BCUT2D eigenvalue weighted by molar-refractivity contribution is 0.102. The summed E-state index contributed by atoms with van der Waals surface area (Å²) in [5.41, 5.74) is 7.94. The largest absolute Gasteiger partial charge is 0.395 e. The van der Waals surface area contributed by atoms with Crippen molar-refractivity contribution in [3.8, 4) is 6.07 Å². The summed E-state index contributed by atoms with van der Waals surface area (Å²) in [5, 5.41) is 18.3. The van der Waals surface area contributed by atoms with Crippen molar-refractivity contribution in [1.82, 2.24) is 10.2 Å². The van der Waals surface area contributed by atoms with E-state index >= 15 is 0 Å². The van der Waals surface area contributed by atoms with Crippen molar-refractivity contribution in [2.75, 3.05) is 11.1 Å². The number of nitrogens with zero attached hydrogens (tertiary/aromatic N) is 2. The molecule has 20 heavy (non-hydrogen) atoms. The standard InChI is InChI=1S/C14H15N5O/c1-8(2)12-11(16)13(19-18-12)14(20)17-10-6-4-3-5-9(10)7-15/h3-6,8H,16H2,1-2H3,(H,17,20)(H,18,19). The van der Waals surface area contributed by atoms with Gasteiger partial charge in [-0.05, 0) is 18.1 Å². The molecule has 4 N–H and O–H groups in total. The summed E-state index contributed by atoms with van der Waals surface area (Å²) in [7, 11) is 0. The first kappa shape index (κ1) is 13.6. The number of H-pyrrole nitrogens is 1. The molecule has 1 amide bonds. The fourth-order valence-corrected chi connectivity index (χ4v) is 1.85. The Balaban J connectivity index is 2.27. The maximum atomic E-state index is 12.2. The van der Waals surface area contributed by atoms with Gasteiger partial charge in [-0.1, -0.05) is 26.0 Å². The summed E-state index contributed by atoms with van der Waals surface area (Å²) in [5.74, 6) is -0.288. The van der Waals surface area contributed by atoms with Crippen LogP contribution in [0.3, 0.4) is 0 Å². The molecule has 2 rings (SSSR count). The Bertz CT molecular complexity index is 681. The van der Waals surface area contributed by atoms with E-state index in [0.717, 1.165) is 5.69 Å². The molecule has 0 atom stereocenters. The monoisotopic (exact) mass is 269 g/mol. The van der Waals surface area contributed by atoms with Crippen LogP contribution >= 0.6 is 0 Å². The molecule has 1 aromatic carbocycles. The van der Waals surface area contributed by atoms with Crippen molar-refractivity contribution >= 4 is 17.3 Å². The number of amides is 1. The molecule has 0 radical (unpaired) electrons. The van der Waals surface area contributed by atoms with Crippen molar-refractivity contribution in [3.05, 3.63) is 41.2 Å². The van der Waals surface area contributed by atoms with Crippen molar-refractivity contribution in [2.24, 2.45) is 0 Å². The molecular weight excluding hydrogens is 254 g/mol. The van der Waals surface area contributed by atoms with Crippen LogP contribution in [0.15, 0.2) is 24.3 Å². The molecule has 102 valence electrons. The molecule has 0 saturated heterocycles. The van der Waals surface area contributed by atoms with E-state index < -0.39 is 5.91 Å². The van der Waals surface area contributed by atoms with E-state index in [1.54, 1.807) is 24.3 Å². The number of carbonyl (C=O) groups excluding carboxylic acids is 1. The quantitative estimate of drug-likeness (QED) is 0.794.